The summed E-state index contributed by atoms with van der Waals surface area (Å²) < 4.78 is 0. The van der Waals surface area contributed by atoms with Gasteiger partial charge in [0.25, 0.3) is 0 Å². The zero-order valence-electron chi connectivity index (χ0n) is 45.3. The van der Waals surface area contributed by atoms with Gasteiger partial charge in [-0.3, -0.25) is 0 Å². The van der Waals surface area contributed by atoms with Gasteiger partial charge in [-0.15, -0.1) is 0 Å². The third-order valence-corrected chi connectivity index (χ3v) is 15.1. The molecule has 0 N–H and O–H groups in total. The normalized spacial score (nSPS) is 10.9. The van der Waals surface area contributed by atoms with E-state index in [1.165, 1.54) is 33.4 Å². The van der Waals surface area contributed by atoms with Crippen LogP contribution in [0.1, 0.15) is 0 Å². The molecule has 4 nitrogen and oxygen atoms in total. The Kier molecular flexibility index (Phi) is 14.5. The number of anilines is 12. The maximum Gasteiger partial charge on any atom is 0.0463 e. The molecule has 0 aromatic heterocycles. The van der Waals surface area contributed by atoms with Crippen LogP contribution >= 0.6 is 0 Å². The van der Waals surface area contributed by atoms with Gasteiger partial charge in [-0.05, 0) is 190 Å². The Labute approximate surface area is 481 Å². The lowest BCUT2D eigenvalue weighted by Gasteiger charge is -2.28. The maximum absolute atomic E-state index is 2.32. The van der Waals surface area contributed by atoms with Crippen LogP contribution in [0.3, 0.4) is 0 Å². The molecular weight excluding hydrogens is 993 g/mol. The molecule has 0 fully saturated rings. The van der Waals surface area contributed by atoms with Gasteiger partial charge in [0.1, 0.15) is 0 Å². The summed E-state index contributed by atoms with van der Waals surface area (Å²) in [5, 5.41) is 0. The first-order chi connectivity index (χ1) is 40.7. The number of nitrogens with zero attached hydrogens (tertiary/aromatic N) is 4. The van der Waals surface area contributed by atoms with Crippen LogP contribution in [0, 0.1) is 0 Å². The Hall–Kier alpha value is -10.9. The average molecular weight is 1050 g/mol. The van der Waals surface area contributed by atoms with E-state index in [-0.39, 0.29) is 0 Å². The Morgan fingerprint density at radius 3 is 0.329 bits per heavy atom. The fourth-order valence-electron chi connectivity index (χ4n) is 10.9. The van der Waals surface area contributed by atoms with Gasteiger partial charge < -0.3 is 19.6 Å². The van der Waals surface area contributed by atoms with Crippen LogP contribution in [0.25, 0.3) is 44.5 Å². The molecule has 4 heteroatoms. The molecule has 13 aromatic carbocycles. The average Bonchev–Trinajstić information content (AvgIpc) is 3.76. The lowest BCUT2D eigenvalue weighted by Crippen LogP contribution is -2.12. The first-order valence-corrected chi connectivity index (χ1v) is 27.9. The molecule has 0 aliphatic heterocycles. The lowest BCUT2D eigenvalue weighted by molar-refractivity contribution is 1.26. The zero-order valence-corrected chi connectivity index (χ0v) is 45.3. The van der Waals surface area contributed by atoms with E-state index >= 15 is 0 Å². The smallest absolute Gasteiger partial charge is 0.0463 e. The van der Waals surface area contributed by atoms with Gasteiger partial charge in [0.2, 0.25) is 0 Å². The van der Waals surface area contributed by atoms with E-state index in [1.54, 1.807) is 0 Å². The van der Waals surface area contributed by atoms with Crippen LogP contribution < -0.4 is 19.6 Å². The molecule has 0 radical (unpaired) electrons. The molecule has 0 saturated heterocycles. The van der Waals surface area contributed by atoms with Crippen molar-refractivity contribution in [1.29, 1.82) is 0 Å². The van der Waals surface area contributed by atoms with E-state index in [0.29, 0.717) is 0 Å². The summed E-state index contributed by atoms with van der Waals surface area (Å²) in [5.41, 5.74) is 22.6. The van der Waals surface area contributed by atoms with Gasteiger partial charge >= 0.3 is 0 Å². The highest BCUT2D eigenvalue weighted by atomic mass is 15.2. The van der Waals surface area contributed by atoms with Crippen LogP contribution in [0.15, 0.2) is 352 Å². The first kappa shape index (κ1) is 50.6. The van der Waals surface area contributed by atoms with Gasteiger partial charge in [0, 0.05) is 68.2 Å². The second-order valence-corrected chi connectivity index (χ2v) is 20.2. The molecule has 0 spiro atoms. The summed E-state index contributed by atoms with van der Waals surface area (Å²) in [6.45, 7) is 0. The minimum atomic E-state index is 1.07. The molecule has 0 saturated carbocycles. The Morgan fingerprint density at radius 1 is 0.0976 bits per heavy atom. The Bertz CT molecular complexity index is 3750. The van der Waals surface area contributed by atoms with Crippen molar-refractivity contribution in [2.45, 2.75) is 0 Å². The highest BCUT2D eigenvalue weighted by Crippen LogP contribution is 2.42. The number of benzene rings is 13. The third-order valence-electron chi connectivity index (χ3n) is 15.1. The number of para-hydroxylation sites is 6. The van der Waals surface area contributed by atoms with Crippen molar-refractivity contribution in [1.82, 2.24) is 0 Å². The van der Waals surface area contributed by atoms with E-state index < -0.39 is 0 Å². The van der Waals surface area contributed by atoms with Gasteiger partial charge in [-0.25, -0.2) is 0 Å². The van der Waals surface area contributed by atoms with Crippen molar-refractivity contribution in [3.8, 4) is 44.5 Å². The monoisotopic (exact) mass is 1050 g/mol. The van der Waals surface area contributed by atoms with Gasteiger partial charge in [0.05, 0.1) is 0 Å². The molecule has 0 bridgehead atoms. The zero-order chi connectivity index (χ0) is 54.9. The molecule has 0 heterocycles. The predicted octanol–water partition coefficient (Wildman–Crippen LogP) is 22.2. The molecule has 0 aliphatic rings. The van der Waals surface area contributed by atoms with Crippen LogP contribution in [-0.2, 0) is 0 Å². The van der Waals surface area contributed by atoms with Crippen molar-refractivity contribution in [2.75, 3.05) is 19.6 Å². The molecular formula is C78H58N4. The SMILES string of the molecule is c1ccc(N(c2ccccc2)c2ccc(-c3ccc(-c4ccc(N(c5ccccc5)c5ccc(N(c6ccccc6)c6ccc(-c7ccc(-c8ccc(N(c9ccccc9)c9ccccc9)cc8)cc7)cc6)cc5)cc4)cc3)cc2)cc1. The molecule has 13 aromatic rings. The topological polar surface area (TPSA) is 13.0 Å². The number of hydrogen-bond acceptors (Lipinski definition) is 4. The second-order valence-electron chi connectivity index (χ2n) is 20.2. The van der Waals surface area contributed by atoms with E-state index in [0.717, 1.165) is 79.4 Å². The molecule has 0 aliphatic carbocycles. The highest BCUT2D eigenvalue weighted by Gasteiger charge is 2.18. The van der Waals surface area contributed by atoms with Crippen molar-refractivity contribution < 1.29 is 0 Å². The Morgan fingerprint density at radius 2 is 0.195 bits per heavy atom. The van der Waals surface area contributed by atoms with Crippen LogP contribution in [0.4, 0.5) is 68.2 Å². The summed E-state index contributed by atoms with van der Waals surface area (Å²) >= 11 is 0. The lowest BCUT2D eigenvalue weighted by atomic mass is 9.99. The number of rotatable bonds is 16. The van der Waals surface area contributed by atoms with Crippen LogP contribution in [0.5, 0.6) is 0 Å². The molecule has 82 heavy (non-hydrogen) atoms. The quantitative estimate of drug-likeness (QED) is 0.0956. The molecule has 0 amide bonds. The van der Waals surface area contributed by atoms with Crippen molar-refractivity contribution in [3.63, 3.8) is 0 Å². The molecule has 0 unspecified atom stereocenters. The minimum Gasteiger partial charge on any atom is -0.311 e. The summed E-state index contributed by atoms with van der Waals surface area (Å²) in [6.07, 6.45) is 0. The number of hydrogen-bond donors (Lipinski definition) is 0. The van der Waals surface area contributed by atoms with E-state index in [4.69, 9.17) is 0 Å². The standard InChI is InChI=1S/C78H58N4/c1-7-19-67(20-8-1)79(68-21-9-2-10-22-68)73-47-39-63(40-48-73)59-31-35-61(36-32-59)65-43-51-75(52-44-65)81(71-27-15-5-16-28-71)77-55-57-78(58-56-77)82(72-29-17-6-18-30-72)76-53-45-66(46-54-76)62-37-33-60(34-38-62)64-41-49-74(50-42-64)80(69-23-11-3-12-24-69)70-25-13-4-14-26-70/h1-58H. The first-order valence-electron chi connectivity index (χ1n) is 27.9. The van der Waals surface area contributed by atoms with Gasteiger partial charge in [-0.1, -0.05) is 206 Å². The molecule has 0 atom stereocenters. The fraction of sp³-hybridized carbons (Fsp3) is 0. The predicted molar refractivity (Wildman–Crippen MR) is 347 cm³/mol. The maximum atomic E-state index is 2.32. The third kappa shape index (κ3) is 10.9. The largest absolute Gasteiger partial charge is 0.311 e. The van der Waals surface area contributed by atoms with Crippen molar-refractivity contribution >= 4 is 68.2 Å². The van der Waals surface area contributed by atoms with E-state index in [9.17, 15) is 0 Å². The van der Waals surface area contributed by atoms with Crippen LogP contribution in [-0.4, -0.2) is 0 Å². The van der Waals surface area contributed by atoms with Crippen molar-refractivity contribution in [2.24, 2.45) is 0 Å². The van der Waals surface area contributed by atoms with Gasteiger partial charge in [0.15, 0.2) is 0 Å². The van der Waals surface area contributed by atoms with Crippen LogP contribution in [0.2, 0.25) is 0 Å². The highest BCUT2D eigenvalue weighted by molar-refractivity contribution is 5.85. The van der Waals surface area contributed by atoms with Crippen molar-refractivity contribution in [3.05, 3.63) is 352 Å². The van der Waals surface area contributed by atoms with E-state index in [1.807, 2.05) is 0 Å². The summed E-state index contributed by atoms with van der Waals surface area (Å²) in [4.78, 5) is 9.23. The summed E-state index contributed by atoms with van der Waals surface area (Å²) in [6, 6.07) is 126. The molecule has 13 rings (SSSR count). The summed E-state index contributed by atoms with van der Waals surface area (Å²) in [5.74, 6) is 0. The second kappa shape index (κ2) is 23.6. The summed E-state index contributed by atoms with van der Waals surface area (Å²) in [7, 11) is 0. The van der Waals surface area contributed by atoms with E-state index in [2.05, 4.69) is 371 Å². The fourth-order valence-corrected chi connectivity index (χ4v) is 10.9. The van der Waals surface area contributed by atoms with Gasteiger partial charge in [-0.2, -0.15) is 0 Å². The minimum absolute atomic E-state index is 1.07. The molecule has 390 valence electrons. The Balaban J connectivity index is 0.717.